The van der Waals surface area contributed by atoms with E-state index in [0.717, 1.165) is 10.4 Å². The molecule has 3 rings (SSSR count). The summed E-state index contributed by atoms with van der Waals surface area (Å²) < 4.78 is 45.4. The Labute approximate surface area is 143 Å². The molecule has 2 aromatic carbocycles. The molecule has 8 heteroatoms. The van der Waals surface area contributed by atoms with Gasteiger partial charge in [-0.1, -0.05) is 11.6 Å². The van der Waals surface area contributed by atoms with Crippen LogP contribution in [0.4, 0.5) is 10.1 Å². The van der Waals surface area contributed by atoms with Gasteiger partial charge in [-0.3, -0.25) is 4.31 Å². The first-order chi connectivity index (χ1) is 11.3. The maximum atomic E-state index is 13.3. The van der Waals surface area contributed by atoms with Gasteiger partial charge in [-0.2, -0.15) is 0 Å². The van der Waals surface area contributed by atoms with E-state index in [-0.39, 0.29) is 16.3 Å². The van der Waals surface area contributed by atoms with E-state index in [0.29, 0.717) is 15.9 Å². The van der Waals surface area contributed by atoms with Crippen molar-refractivity contribution in [2.75, 3.05) is 18.5 Å². The molecule has 1 aromatic heterocycles. The highest BCUT2D eigenvalue weighted by Gasteiger charge is 2.27. The highest BCUT2D eigenvalue weighted by atomic mass is 35.5. The summed E-state index contributed by atoms with van der Waals surface area (Å²) in [7, 11) is -1.13. The number of anilines is 1. The van der Waals surface area contributed by atoms with Crippen LogP contribution in [-0.4, -0.2) is 27.6 Å². The number of hydrogen-bond acceptors (Lipinski definition) is 3. The summed E-state index contributed by atoms with van der Waals surface area (Å²) in [6.07, 6.45) is 1.41. The first kappa shape index (κ1) is 16.6. The summed E-state index contributed by atoms with van der Waals surface area (Å²) in [5, 5.41) is 1.02. The molecule has 0 aliphatic carbocycles. The molecule has 126 valence electrons. The van der Waals surface area contributed by atoms with Crippen LogP contribution in [-0.2, 0) is 10.0 Å². The van der Waals surface area contributed by atoms with Crippen LogP contribution >= 0.6 is 11.6 Å². The third kappa shape index (κ3) is 2.70. The van der Waals surface area contributed by atoms with Crippen molar-refractivity contribution in [3.8, 4) is 5.75 Å². The zero-order valence-corrected chi connectivity index (χ0v) is 14.5. The Morgan fingerprint density at radius 3 is 2.67 bits per heavy atom. The number of ether oxygens (including phenoxy) is 1. The predicted molar refractivity (Wildman–Crippen MR) is 91.8 cm³/mol. The minimum absolute atomic E-state index is 0.100. The lowest BCUT2D eigenvalue weighted by Crippen LogP contribution is -2.26. The number of sulfonamides is 1. The van der Waals surface area contributed by atoms with Crippen LogP contribution in [0.2, 0.25) is 5.02 Å². The molecule has 0 radical (unpaired) electrons. The number of methoxy groups -OCH3 is 1. The van der Waals surface area contributed by atoms with Crippen molar-refractivity contribution in [3.63, 3.8) is 0 Å². The fraction of sp³-hybridized carbons (Fsp3) is 0.125. The number of benzene rings is 2. The van der Waals surface area contributed by atoms with Gasteiger partial charge in [0.05, 0.1) is 12.8 Å². The lowest BCUT2D eigenvalue weighted by molar-refractivity contribution is 0.412. The zero-order chi connectivity index (χ0) is 17.5. The Kier molecular flexibility index (Phi) is 4.15. The molecule has 0 fully saturated rings. The fourth-order valence-corrected chi connectivity index (χ4v) is 4.01. The van der Waals surface area contributed by atoms with E-state index in [1.807, 2.05) is 0 Å². The van der Waals surface area contributed by atoms with Gasteiger partial charge < -0.3 is 9.72 Å². The number of halogens is 2. The number of fused-ring (bicyclic) bond motifs is 1. The third-order valence-electron chi connectivity index (χ3n) is 3.73. The van der Waals surface area contributed by atoms with Crippen molar-refractivity contribution in [2.24, 2.45) is 0 Å². The summed E-state index contributed by atoms with van der Waals surface area (Å²) >= 11 is 5.92. The van der Waals surface area contributed by atoms with Crippen LogP contribution in [0.15, 0.2) is 47.5 Å². The molecule has 0 amide bonds. The third-order valence-corrected chi connectivity index (χ3v) is 5.77. The summed E-state index contributed by atoms with van der Waals surface area (Å²) in [6, 6.07) is 8.58. The van der Waals surface area contributed by atoms with Gasteiger partial charge in [0, 0.05) is 35.2 Å². The lowest BCUT2D eigenvalue weighted by Gasteiger charge is -2.21. The molecule has 0 bridgehead atoms. The molecule has 0 aliphatic rings. The molecule has 0 spiro atoms. The number of hydrogen-bond donors (Lipinski definition) is 1. The van der Waals surface area contributed by atoms with Crippen LogP contribution < -0.4 is 9.04 Å². The van der Waals surface area contributed by atoms with E-state index in [2.05, 4.69) is 4.98 Å². The minimum atomic E-state index is -3.88. The predicted octanol–water partition coefficient (Wildman–Crippen LogP) is 3.79. The first-order valence-corrected chi connectivity index (χ1v) is 8.75. The lowest BCUT2D eigenvalue weighted by atomic mass is 10.2. The SMILES string of the molecule is COc1cc(F)ccc1N(C)S(=O)(=O)c1c[nH]c2cc(Cl)ccc12. The largest absolute Gasteiger partial charge is 0.494 e. The van der Waals surface area contributed by atoms with Crippen LogP contribution in [0.5, 0.6) is 5.75 Å². The Bertz CT molecular complexity index is 1020. The van der Waals surface area contributed by atoms with Crippen molar-refractivity contribution >= 4 is 38.2 Å². The van der Waals surface area contributed by atoms with Crippen molar-refractivity contribution in [2.45, 2.75) is 4.90 Å². The maximum Gasteiger partial charge on any atom is 0.266 e. The molecular formula is C16H14ClFN2O3S. The molecule has 1 heterocycles. The minimum Gasteiger partial charge on any atom is -0.494 e. The Balaban J connectivity index is 2.13. The average molecular weight is 369 g/mol. The van der Waals surface area contributed by atoms with Crippen molar-refractivity contribution in [1.82, 2.24) is 4.98 Å². The van der Waals surface area contributed by atoms with Crippen LogP contribution in [0.1, 0.15) is 0 Å². The normalized spacial score (nSPS) is 11.7. The smallest absolute Gasteiger partial charge is 0.266 e. The molecular weight excluding hydrogens is 355 g/mol. The zero-order valence-electron chi connectivity index (χ0n) is 12.9. The number of rotatable bonds is 4. The number of nitrogens with one attached hydrogen (secondary N) is 1. The van der Waals surface area contributed by atoms with E-state index in [1.165, 1.54) is 32.5 Å². The second kappa shape index (κ2) is 5.99. The van der Waals surface area contributed by atoms with Gasteiger partial charge in [0.1, 0.15) is 16.5 Å². The Morgan fingerprint density at radius 2 is 1.96 bits per heavy atom. The van der Waals surface area contributed by atoms with Gasteiger partial charge in [0.25, 0.3) is 10.0 Å². The monoisotopic (exact) mass is 368 g/mol. The molecule has 0 saturated heterocycles. The van der Waals surface area contributed by atoms with Crippen molar-refractivity contribution < 1.29 is 17.5 Å². The summed E-state index contributed by atoms with van der Waals surface area (Å²) in [5.41, 5.74) is 0.850. The van der Waals surface area contributed by atoms with Gasteiger partial charge in [0.2, 0.25) is 0 Å². The van der Waals surface area contributed by atoms with Gasteiger partial charge in [-0.05, 0) is 30.3 Å². The second-order valence-electron chi connectivity index (χ2n) is 5.13. The molecule has 0 unspecified atom stereocenters. The highest BCUT2D eigenvalue weighted by molar-refractivity contribution is 7.93. The van der Waals surface area contributed by atoms with Crippen molar-refractivity contribution in [3.05, 3.63) is 53.4 Å². The molecule has 5 nitrogen and oxygen atoms in total. The van der Waals surface area contributed by atoms with Gasteiger partial charge >= 0.3 is 0 Å². The standard InChI is InChI=1S/C16H14ClFN2O3S/c1-20(14-6-4-11(18)8-15(14)23-2)24(21,22)16-9-19-13-7-10(17)3-5-12(13)16/h3-9,19H,1-2H3. The molecule has 0 atom stereocenters. The van der Waals surface area contributed by atoms with Gasteiger partial charge in [-0.25, -0.2) is 12.8 Å². The van der Waals surface area contributed by atoms with Gasteiger partial charge in [0.15, 0.2) is 0 Å². The Morgan fingerprint density at radius 1 is 1.21 bits per heavy atom. The van der Waals surface area contributed by atoms with Crippen LogP contribution in [0.3, 0.4) is 0 Å². The quantitative estimate of drug-likeness (QED) is 0.762. The number of H-pyrrole nitrogens is 1. The van der Waals surface area contributed by atoms with Crippen molar-refractivity contribution in [1.29, 1.82) is 0 Å². The molecule has 1 N–H and O–H groups in total. The highest BCUT2D eigenvalue weighted by Crippen LogP contribution is 2.34. The number of aromatic amines is 1. The number of aromatic nitrogens is 1. The Hall–Kier alpha value is -2.25. The maximum absolute atomic E-state index is 13.3. The molecule has 24 heavy (non-hydrogen) atoms. The average Bonchev–Trinajstić information content (AvgIpc) is 2.97. The number of nitrogens with zero attached hydrogens (tertiary/aromatic N) is 1. The second-order valence-corrected chi connectivity index (χ2v) is 7.51. The first-order valence-electron chi connectivity index (χ1n) is 6.93. The summed E-state index contributed by atoms with van der Waals surface area (Å²) in [4.78, 5) is 3.00. The molecule has 3 aromatic rings. The summed E-state index contributed by atoms with van der Waals surface area (Å²) in [6.45, 7) is 0. The molecule has 0 aliphatic heterocycles. The van der Waals surface area contributed by atoms with Crippen LogP contribution in [0.25, 0.3) is 10.9 Å². The van der Waals surface area contributed by atoms with E-state index in [1.54, 1.807) is 18.2 Å². The summed E-state index contributed by atoms with van der Waals surface area (Å²) in [5.74, 6) is -0.382. The van der Waals surface area contributed by atoms with E-state index >= 15 is 0 Å². The van der Waals surface area contributed by atoms with E-state index < -0.39 is 15.8 Å². The topological polar surface area (TPSA) is 62.4 Å². The molecule has 0 saturated carbocycles. The van der Waals surface area contributed by atoms with E-state index in [4.69, 9.17) is 16.3 Å². The van der Waals surface area contributed by atoms with Gasteiger partial charge in [-0.15, -0.1) is 0 Å². The van der Waals surface area contributed by atoms with E-state index in [9.17, 15) is 12.8 Å². The van der Waals surface area contributed by atoms with Crippen LogP contribution in [0, 0.1) is 5.82 Å². The fourth-order valence-electron chi connectivity index (χ4n) is 2.47.